The number of amides is 1. The van der Waals surface area contributed by atoms with Crippen LogP contribution in [-0.2, 0) is 14.6 Å². The summed E-state index contributed by atoms with van der Waals surface area (Å²) >= 11 is 7.06. The summed E-state index contributed by atoms with van der Waals surface area (Å²) in [6.45, 7) is 1.36. The minimum atomic E-state index is -3.20. The Morgan fingerprint density at radius 1 is 1.27 bits per heavy atom. The van der Waals surface area contributed by atoms with Crippen LogP contribution in [0, 0.1) is 12.7 Å². The van der Waals surface area contributed by atoms with Crippen LogP contribution < -0.4 is 9.64 Å². The number of aryl methyl sites for hydroxylation is 1. The van der Waals surface area contributed by atoms with Crippen molar-refractivity contribution in [2.45, 2.75) is 18.2 Å². The van der Waals surface area contributed by atoms with Crippen LogP contribution in [0.1, 0.15) is 5.56 Å². The van der Waals surface area contributed by atoms with Crippen molar-refractivity contribution in [3.05, 3.63) is 58.9 Å². The number of nitrogens with zero attached hydrogens (tertiary/aromatic N) is 2. The first-order valence-corrected chi connectivity index (χ1v) is 12.2. The second-order valence-electron chi connectivity index (χ2n) is 7.13. The second kappa shape index (κ2) is 8.20. The van der Waals surface area contributed by atoms with Gasteiger partial charge in [-0.25, -0.2) is 12.8 Å². The van der Waals surface area contributed by atoms with Crippen molar-refractivity contribution in [2.24, 2.45) is 4.99 Å². The third-order valence-corrected chi connectivity index (χ3v) is 8.36. The lowest BCUT2D eigenvalue weighted by atomic mass is 10.1. The highest BCUT2D eigenvalue weighted by molar-refractivity contribution is 8.16. The normalized spacial score (nSPS) is 23.6. The Morgan fingerprint density at radius 2 is 2.00 bits per heavy atom. The van der Waals surface area contributed by atoms with E-state index in [0.29, 0.717) is 27.2 Å². The molecular weight excluding hydrogens is 451 g/mol. The number of halogens is 2. The van der Waals surface area contributed by atoms with Crippen molar-refractivity contribution in [3.63, 3.8) is 0 Å². The number of sulfone groups is 1. The van der Waals surface area contributed by atoms with Gasteiger partial charge >= 0.3 is 0 Å². The number of aliphatic imine (C=N–C) groups is 1. The smallest absolute Gasteiger partial charge is 0.285 e. The maximum atomic E-state index is 14.2. The van der Waals surface area contributed by atoms with E-state index in [1.807, 2.05) is 0 Å². The minimum Gasteiger partial charge on any atom is -0.484 e. The highest BCUT2D eigenvalue weighted by Crippen LogP contribution is 2.41. The van der Waals surface area contributed by atoms with Crippen LogP contribution in [0.4, 0.5) is 10.1 Å². The van der Waals surface area contributed by atoms with Gasteiger partial charge < -0.3 is 9.64 Å². The Bertz CT molecular complexity index is 1120. The first-order chi connectivity index (χ1) is 14.2. The van der Waals surface area contributed by atoms with Gasteiger partial charge in [0, 0.05) is 16.0 Å². The van der Waals surface area contributed by atoms with E-state index in [4.69, 9.17) is 16.3 Å². The standard InChI is InChI=1S/C20H18ClFN2O4S2/c1-12-2-5-14(8-16(12)22)24-17-10-30(26,27)11-18(17)29-20(24)23-19(25)9-28-15-6-3-13(21)4-7-15/h2-8,17-18H,9-11H2,1H3/t17-,18-/m1/s1. The molecule has 0 bridgehead atoms. The lowest BCUT2D eigenvalue weighted by molar-refractivity contribution is -0.119. The topological polar surface area (TPSA) is 76.0 Å². The molecule has 0 saturated carbocycles. The molecule has 0 N–H and O–H groups in total. The molecule has 0 aliphatic carbocycles. The van der Waals surface area contributed by atoms with Gasteiger partial charge in [-0.05, 0) is 48.9 Å². The second-order valence-corrected chi connectivity index (χ2v) is 10.9. The molecule has 2 atom stereocenters. The van der Waals surface area contributed by atoms with Gasteiger partial charge in [-0.1, -0.05) is 29.4 Å². The van der Waals surface area contributed by atoms with Gasteiger partial charge in [-0.3, -0.25) is 4.79 Å². The van der Waals surface area contributed by atoms with E-state index in [1.165, 1.54) is 17.8 Å². The molecule has 2 saturated heterocycles. The van der Waals surface area contributed by atoms with Crippen molar-refractivity contribution in [1.82, 2.24) is 0 Å². The van der Waals surface area contributed by atoms with E-state index in [9.17, 15) is 17.6 Å². The summed E-state index contributed by atoms with van der Waals surface area (Å²) in [4.78, 5) is 18.2. The molecule has 2 aromatic rings. The monoisotopic (exact) mass is 468 g/mol. The molecule has 1 amide bonds. The quantitative estimate of drug-likeness (QED) is 0.684. The van der Waals surface area contributed by atoms with Gasteiger partial charge in [0.2, 0.25) is 0 Å². The third-order valence-electron chi connectivity index (χ3n) is 4.90. The Kier molecular flexibility index (Phi) is 5.78. The van der Waals surface area contributed by atoms with Crippen LogP contribution >= 0.6 is 23.4 Å². The van der Waals surface area contributed by atoms with Crippen molar-refractivity contribution in [2.75, 3.05) is 23.0 Å². The highest BCUT2D eigenvalue weighted by atomic mass is 35.5. The summed E-state index contributed by atoms with van der Waals surface area (Å²) in [5.41, 5.74) is 0.951. The van der Waals surface area contributed by atoms with Gasteiger partial charge in [-0.2, -0.15) is 4.99 Å². The Labute approximate surface area is 183 Å². The van der Waals surface area contributed by atoms with E-state index in [0.717, 1.165) is 0 Å². The van der Waals surface area contributed by atoms with Crippen molar-refractivity contribution in [3.8, 4) is 5.75 Å². The number of carbonyl (C=O) groups excluding carboxylic acids is 1. The van der Waals surface area contributed by atoms with Gasteiger partial charge in [0.1, 0.15) is 11.6 Å². The molecule has 158 valence electrons. The van der Waals surface area contributed by atoms with E-state index >= 15 is 0 Å². The van der Waals surface area contributed by atoms with Crippen LogP contribution in [0.2, 0.25) is 5.02 Å². The highest BCUT2D eigenvalue weighted by Gasteiger charge is 2.49. The summed E-state index contributed by atoms with van der Waals surface area (Å²) in [5, 5.41) is 0.648. The number of benzene rings is 2. The number of thioether (sulfide) groups is 1. The number of ether oxygens (including phenoxy) is 1. The van der Waals surface area contributed by atoms with E-state index < -0.39 is 27.6 Å². The average Bonchev–Trinajstić information content (AvgIpc) is 3.14. The SMILES string of the molecule is Cc1ccc(N2C(=NC(=O)COc3ccc(Cl)cc3)S[C@@H]3CS(=O)(=O)C[C@H]32)cc1F. The lowest BCUT2D eigenvalue weighted by Crippen LogP contribution is -2.38. The molecule has 0 radical (unpaired) electrons. The number of anilines is 1. The molecule has 6 nitrogen and oxygen atoms in total. The fourth-order valence-electron chi connectivity index (χ4n) is 3.41. The van der Waals surface area contributed by atoms with Crippen molar-refractivity contribution < 1.29 is 22.3 Å². The Hall–Kier alpha value is -2.10. The number of rotatable bonds is 4. The summed E-state index contributed by atoms with van der Waals surface area (Å²) in [5.74, 6) is -0.505. The molecule has 10 heteroatoms. The molecule has 2 aliphatic rings. The molecule has 0 aromatic heterocycles. The molecule has 2 aliphatic heterocycles. The van der Waals surface area contributed by atoms with Crippen LogP contribution in [0.15, 0.2) is 47.5 Å². The number of hydrogen-bond acceptors (Lipinski definition) is 5. The van der Waals surface area contributed by atoms with Crippen LogP contribution in [0.25, 0.3) is 0 Å². The summed E-state index contributed by atoms with van der Waals surface area (Å²) in [6, 6.07) is 10.8. The molecule has 4 rings (SSSR count). The maximum Gasteiger partial charge on any atom is 0.285 e. The Balaban J connectivity index is 1.57. The zero-order valence-corrected chi connectivity index (χ0v) is 18.3. The van der Waals surface area contributed by atoms with Crippen molar-refractivity contribution >= 4 is 50.0 Å². The summed E-state index contributed by atoms with van der Waals surface area (Å²) < 4.78 is 43.8. The predicted molar refractivity (Wildman–Crippen MR) is 117 cm³/mol. The first-order valence-electron chi connectivity index (χ1n) is 9.14. The van der Waals surface area contributed by atoms with Crippen molar-refractivity contribution in [1.29, 1.82) is 0 Å². The largest absolute Gasteiger partial charge is 0.484 e. The summed E-state index contributed by atoms with van der Waals surface area (Å²) in [6.07, 6.45) is 0. The predicted octanol–water partition coefficient (Wildman–Crippen LogP) is 3.47. The molecule has 2 fully saturated rings. The molecular formula is C20H18ClFN2O4S2. The zero-order valence-electron chi connectivity index (χ0n) is 15.9. The summed E-state index contributed by atoms with van der Waals surface area (Å²) in [7, 11) is -3.20. The minimum absolute atomic E-state index is 0.00165. The number of hydrogen-bond donors (Lipinski definition) is 0. The van der Waals surface area contributed by atoms with E-state index in [1.54, 1.807) is 48.2 Å². The van der Waals surface area contributed by atoms with Gasteiger partial charge in [0.25, 0.3) is 5.91 Å². The average molecular weight is 469 g/mol. The van der Waals surface area contributed by atoms with Gasteiger partial charge in [0.05, 0.1) is 17.5 Å². The molecule has 2 heterocycles. The zero-order chi connectivity index (χ0) is 21.5. The fourth-order valence-corrected chi connectivity index (χ4v) is 7.47. The van der Waals surface area contributed by atoms with Crippen LogP contribution in [0.3, 0.4) is 0 Å². The first kappa shape index (κ1) is 21.1. The van der Waals surface area contributed by atoms with Gasteiger partial charge in [-0.15, -0.1) is 0 Å². The molecule has 2 aromatic carbocycles. The number of carbonyl (C=O) groups is 1. The maximum absolute atomic E-state index is 14.2. The van der Waals surface area contributed by atoms with E-state index in [2.05, 4.69) is 4.99 Å². The van der Waals surface area contributed by atoms with Crippen LogP contribution in [0.5, 0.6) is 5.75 Å². The lowest BCUT2D eigenvalue weighted by Gasteiger charge is -2.24. The third kappa shape index (κ3) is 4.48. The number of fused-ring (bicyclic) bond motifs is 1. The number of amidine groups is 1. The molecule has 30 heavy (non-hydrogen) atoms. The Morgan fingerprint density at radius 3 is 2.70 bits per heavy atom. The van der Waals surface area contributed by atoms with E-state index in [-0.39, 0.29) is 23.4 Å². The van der Waals surface area contributed by atoms with Gasteiger partial charge in [0.15, 0.2) is 21.6 Å². The molecule has 0 spiro atoms. The van der Waals surface area contributed by atoms with Crippen LogP contribution in [-0.4, -0.2) is 48.9 Å². The molecule has 0 unspecified atom stereocenters. The fraction of sp³-hybridized carbons (Fsp3) is 0.300.